The topological polar surface area (TPSA) is 90.5 Å². The van der Waals surface area contributed by atoms with Gasteiger partial charge in [-0.25, -0.2) is 4.79 Å². The monoisotopic (exact) mass is 335 g/mol. The molecular weight excluding hydrogens is 314 g/mol. The lowest BCUT2D eigenvalue weighted by molar-refractivity contribution is 0.0976. The minimum absolute atomic E-state index is 0.220. The SMILES string of the molecule is O=C(O)NCC1CCC(NC(=S)NC(=O)c2ccccc2)CC1. The third-order valence-corrected chi connectivity index (χ3v) is 4.21. The van der Waals surface area contributed by atoms with Crippen LogP contribution in [0.3, 0.4) is 0 Å². The molecule has 124 valence electrons. The van der Waals surface area contributed by atoms with Crippen molar-refractivity contribution in [1.29, 1.82) is 0 Å². The molecule has 0 unspecified atom stereocenters. The first-order chi connectivity index (χ1) is 11.0. The van der Waals surface area contributed by atoms with E-state index in [1.54, 1.807) is 24.3 Å². The standard InChI is InChI=1S/C16H21N3O3S/c20-14(12-4-2-1-3-5-12)19-15(23)18-13-8-6-11(7-9-13)10-17-16(21)22/h1-5,11,13,17H,6-10H2,(H,21,22)(H2,18,19,20,23). The number of nitrogens with one attached hydrogen (secondary N) is 3. The van der Waals surface area contributed by atoms with Gasteiger partial charge in [0.15, 0.2) is 5.11 Å². The van der Waals surface area contributed by atoms with Crippen LogP contribution in [0.15, 0.2) is 30.3 Å². The first-order valence-corrected chi connectivity index (χ1v) is 8.09. The maximum atomic E-state index is 12.0. The van der Waals surface area contributed by atoms with Gasteiger partial charge in [-0.05, 0) is 56.0 Å². The molecular formula is C16H21N3O3S. The van der Waals surface area contributed by atoms with Crippen molar-refractivity contribution in [1.82, 2.24) is 16.0 Å². The Morgan fingerprint density at radius 3 is 2.39 bits per heavy atom. The molecule has 7 heteroatoms. The Labute approximate surface area is 140 Å². The van der Waals surface area contributed by atoms with Crippen LogP contribution in [0, 0.1) is 5.92 Å². The minimum Gasteiger partial charge on any atom is -0.465 e. The molecule has 0 aliphatic heterocycles. The third kappa shape index (κ3) is 5.86. The number of carboxylic acid groups (broad SMARTS) is 1. The zero-order valence-corrected chi connectivity index (χ0v) is 13.6. The molecule has 0 radical (unpaired) electrons. The van der Waals surface area contributed by atoms with E-state index in [0.29, 0.717) is 23.1 Å². The van der Waals surface area contributed by atoms with Crippen molar-refractivity contribution < 1.29 is 14.7 Å². The van der Waals surface area contributed by atoms with Crippen LogP contribution >= 0.6 is 12.2 Å². The summed E-state index contributed by atoms with van der Waals surface area (Å²) >= 11 is 5.19. The lowest BCUT2D eigenvalue weighted by Crippen LogP contribution is -2.46. The molecule has 6 nitrogen and oxygen atoms in total. The van der Waals surface area contributed by atoms with Gasteiger partial charge >= 0.3 is 6.09 Å². The van der Waals surface area contributed by atoms with Gasteiger partial charge < -0.3 is 15.7 Å². The summed E-state index contributed by atoms with van der Waals surface area (Å²) in [5, 5.41) is 17.2. The molecule has 23 heavy (non-hydrogen) atoms. The van der Waals surface area contributed by atoms with E-state index in [4.69, 9.17) is 17.3 Å². The average molecular weight is 335 g/mol. The number of carbonyl (C=O) groups is 2. The highest BCUT2D eigenvalue weighted by molar-refractivity contribution is 7.80. The largest absolute Gasteiger partial charge is 0.465 e. The molecule has 0 heterocycles. The van der Waals surface area contributed by atoms with Crippen LogP contribution in [0.1, 0.15) is 36.0 Å². The molecule has 2 amide bonds. The van der Waals surface area contributed by atoms with E-state index >= 15 is 0 Å². The molecule has 0 saturated heterocycles. The van der Waals surface area contributed by atoms with E-state index in [1.807, 2.05) is 6.07 Å². The fourth-order valence-electron chi connectivity index (χ4n) is 2.73. The maximum absolute atomic E-state index is 12.0. The minimum atomic E-state index is -0.977. The molecule has 0 spiro atoms. The van der Waals surface area contributed by atoms with Gasteiger partial charge in [-0.3, -0.25) is 10.1 Å². The van der Waals surface area contributed by atoms with Crippen molar-refractivity contribution >= 4 is 29.3 Å². The fourth-order valence-corrected chi connectivity index (χ4v) is 2.99. The zero-order valence-electron chi connectivity index (χ0n) is 12.7. The Balaban J connectivity index is 1.70. The highest BCUT2D eigenvalue weighted by atomic mass is 32.1. The number of rotatable bonds is 4. The van der Waals surface area contributed by atoms with Crippen LogP contribution < -0.4 is 16.0 Å². The molecule has 1 aromatic carbocycles. The summed E-state index contributed by atoms with van der Waals surface area (Å²) in [7, 11) is 0. The second-order valence-electron chi connectivity index (χ2n) is 5.70. The summed E-state index contributed by atoms with van der Waals surface area (Å²) in [5.41, 5.74) is 0.570. The summed E-state index contributed by atoms with van der Waals surface area (Å²) in [5.74, 6) is 0.152. The highest BCUT2D eigenvalue weighted by Gasteiger charge is 2.22. The molecule has 2 rings (SSSR count). The third-order valence-electron chi connectivity index (χ3n) is 3.99. The van der Waals surface area contributed by atoms with E-state index in [1.165, 1.54) is 0 Å². The molecule has 0 bridgehead atoms. The number of benzene rings is 1. The van der Waals surface area contributed by atoms with Gasteiger partial charge in [0, 0.05) is 18.2 Å². The van der Waals surface area contributed by atoms with E-state index in [9.17, 15) is 9.59 Å². The molecule has 1 aromatic rings. The molecule has 1 aliphatic carbocycles. The Bertz CT molecular complexity index is 557. The second kappa shape index (κ2) is 8.47. The number of thiocarbonyl (C=S) groups is 1. The van der Waals surface area contributed by atoms with Crippen molar-refractivity contribution in [2.24, 2.45) is 5.92 Å². The molecule has 1 saturated carbocycles. The van der Waals surface area contributed by atoms with Gasteiger partial charge in [-0.2, -0.15) is 0 Å². The van der Waals surface area contributed by atoms with Crippen molar-refractivity contribution in [3.8, 4) is 0 Å². The van der Waals surface area contributed by atoms with Crippen LogP contribution in [0.25, 0.3) is 0 Å². The first kappa shape index (κ1) is 17.2. The van der Waals surface area contributed by atoms with Gasteiger partial charge in [0.1, 0.15) is 0 Å². The Morgan fingerprint density at radius 2 is 1.78 bits per heavy atom. The van der Waals surface area contributed by atoms with Gasteiger partial charge in [0.25, 0.3) is 5.91 Å². The molecule has 4 N–H and O–H groups in total. The number of hydrogen-bond donors (Lipinski definition) is 4. The van der Waals surface area contributed by atoms with Crippen LogP contribution in [0.2, 0.25) is 0 Å². The van der Waals surface area contributed by atoms with Gasteiger partial charge in [-0.1, -0.05) is 18.2 Å². The van der Waals surface area contributed by atoms with Crippen LogP contribution in [-0.2, 0) is 0 Å². The lowest BCUT2D eigenvalue weighted by atomic mass is 9.86. The van der Waals surface area contributed by atoms with Crippen molar-refractivity contribution in [2.75, 3.05) is 6.54 Å². The quantitative estimate of drug-likeness (QED) is 0.633. The summed E-state index contributed by atoms with van der Waals surface area (Å²) in [4.78, 5) is 22.5. The molecule has 0 aromatic heterocycles. The van der Waals surface area contributed by atoms with Crippen molar-refractivity contribution in [3.05, 3.63) is 35.9 Å². The number of hydrogen-bond acceptors (Lipinski definition) is 3. The summed E-state index contributed by atoms with van der Waals surface area (Å²) < 4.78 is 0. The van der Waals surface area contributed by atoms with Gasteiger partial charge in [-0.15, -0.1) is 0 Å². The molecule has 0 atom stereocenters. The summed E-state index contributed by atoms with van der Waals surface area (Å²) in [6.07, 6.45) is 2.72. The summed E-state index contributed by atoms with van der Waals surface area (Å²) in [6, 6.07) is 9.15. The maximum Gasteiger partial charge on any atom is 0.404 e. The van der Waals surface area contributed by atoms with Crippen LogP contribution in [-0.4, -0.2) is 34.8 Å². The normalized spacial score (nSPS) is 20.3. The summed E-state index contributed by atoms with van der Waals surface area (Å²) in [6.45, 7) is 0.497. The Hall–Kier alpha value is -2.15. The van der Waals surface area contributed by atoms with Crippen LogP contribution in [0.4, 0.5) is 4.79 Å². The second-order valence-corrected chi connectivity index (χ2v) is 6.11. The van der Waals surface area contributed by atoms with Gasteiger partial charge in [0.05, 0.1) is 0 Å². The molecule has 1 fully saturated rings. The zero-order chi connectivity index (χ0) is 16.7. The van der Waals surface area contributed by atoms with Crippen molar-refractivity contribution in [3.63, 3.8) is 0 Å². The Kier molecular flexibility index (Phi) is 6.34. The highest BCUT2D eigenvalue weighted by Crippen LogP contribution is 2.23. The molecule has 1 aliphatic rings. The Morgan fingerprint density at radius 1 is 1.13 bits per heavy atom. The van der Waals surface area contributed by atoms with Crippen LogP contribution in [0.5, 0.6) is 0 Å². The number of amides is 2. The van der Waals surface area contributed by atoms with E-state index in [2.05, 4.69) is 16.0 Å². The lowest BCUT2D eigenvalue weighted by Gasteiger charge is -2.29. The predicted molar refractivity (Wildman–Crippen MR) is 91.4 cm³/mol. The van der Waals surface area contributed by atoms with E-state index in [0.717, 1.165) is 25.7 Å². The van der Waals surface area contributed by atoms with E-state index < -0.39 is 6.09 Å². The fraction of sp³-hybridized carbons (Fsp3) is 0.438. The van der Waals surface area contributed by atoms with Crippen molar-refractivity contribution in [2.45, 2.75) is 31.7 Å². The first-order valence-electron chi connectivity index (χ1n) is 7.68. The van der Waals surface area contributed by atoms with E-state index in [-0.39, 0.29) is 11.9 Å². The van der Waals surface area contributed by atoms with Gasteiger partial charge in [0.2, 0.25) is 0 Å². The average Bonchev–Trinajstić information content (AvgIpc) is 2.55. The number of carbonyl (C=O) groups excluding carboxylic acids is 1. The smallest absolute Gasteiger partial charge is 0.404 e. The predicted octanol–water partition coefficient (Wildman–Crippen LogP) is 2.12.